The SMILES string of the molecule is Cc1ccc(CN(CCCN)C(=O)c2ccccc2OCc2ccccc2)c(F)c1. The van der Waals surface area contributed by atoms with E-state index in [9.17, 15) is 9.18 Å². The van der Waals surface area contributed by atoms with Crippen molar-refractivity contribution < 1.29 is 13.9 Å². The minimum Gasteiger partial charge on any atom is -0.488 e. The first-order valence-corrected chi connectivity index (χ1v) is 10.1. The number of carbonyl (C=O) groups is 1. The Labute approximate surface area is 177 Å². The second-order valence-corrected chi connectivity index (χ2v) is 7.23. The highest BCUT2D eigenvalue weighted by atomic mass is 19.1. The summed E-state index contributed by atoms with van der Waals surface area (Å²) in [6.45, 7) is 3.27. The lowest BCUT2D eigenvalue weighted by Crippen LogP contribution is -2.33. The highest BCUT2D eigenvalue weighted by molar-refractivity contribution is 5.96. The molecule has 0 radical (unpaired) electrons. The third-order valence-electron chi connectivity index (χ3n) is 4.84. The lowest BCUT2D eigenvalue weighted by atomic mass is 10.1. The molecule has 0 aliphatic heterocycles. The van der Waals surface area contributed by atoms with Gasteiger partial charge in [-0.2, -0.15) is 0 Å². The Balaban J connectivity index is 1.81. The topological polar surface area (TPSA) is 55.6 Å². The maximum Gasteiger partial charge on any atom is 0.257 e. The summed E-state index contributed by atoms with van der Waals surface area (Å²) in [6, 6.07) is 22.0. The lowest BCUT2D eigenvalue weighted by Gasteiger charge is -2.24. The molecule has 1 amide bonds. The van der Waals surface area contributed by atoms with Crippen molar-refractivity contribution in [2.75, 3.05) is 13.1 Å². The van der Waals surface area contributed by atoms with Crippen LogP contribution in [0.15, 0.2) is 72.8 Å². The normalized spacial score (nSPS) is 10.6. The highest BCUT2D eigenvalue weighted by Crippen LogP contribution is 2.23. The Kier molecular flexibility index (Phi) is 7.57. The molecule has 156 valence electrons. The van der Waals surface area contributed by atoms with Crippen molar-refractivity contribution >= 4 is 5.91 Å². The van der Waals surface area contributed by atoms with E-state index in [1.807, 2.05) is 49.4 Å². The molecule has 0 aliphatic rings. The van der Waals surface area contributed by atoms with E-state index >= 15 is 0 Å². The number of carbonyl (C=O) groups excluding carboxylic acids is 1. The van der Waals surface area contributed by atoms with Crippen molar-refractivity contribution in [1.29, 1.82) is 0 Å². The molecular formula is C25H27FN2O2. The van der Waals surface area contributed by atoms with Gasteiger partial charge in [-0.25, -0.2) is 4.39 Å². The summed E-state index contributed by atoms with van der Waals surface area (Å²) in [7, 11) is 0. The van der Waals surface area contributed by atoms with E-state index in [4.69, 9.17) is 10.5 Å². The van der Waals surface area contributed by atoms with Crippen LogP contribution in [0.5, 0.6) is 5.75 Å². The first-order chi connectivity index (χ1) is 14.6. The molecule has 0 saturated heterocycles. The number of aryl methyl sites for hydroxylation is 1. The molecule has 30 heavy (non-hydrogen) atoms. The molecule has 4 nitrogen and oxygen atoms in total. The summed E-state index contributed by atoms with van der Waals surface area (Å²) < 4.78 is 20.3. The molecule has 3 aromatic rings. The van der Waals surface area contributed by atoms with E-state index < -0.39 is 0 Å². The zero-order valence-corrected chi connectivity index (χ0v) is 17.2. The predicted molar refractivity (Wildman–Crippen MR) is 117 cm³/mol. The van der Waals surface area contributed by atoms with Crippen LogP contribution < -0.4 is 10.5 Å². The van der Waals surface area contributed by atoms with Crippen molar-refractivity contribution in [2.45, 2.75) is 26.5 Å². The van der Waals surface area contributed by atoms with Gasteiger partial charge in [-0.1, -0.05) is 54.6 Å². The number of para-hydroxylation sites is 1. The monoisotopic (exact) mass is 406 g/mol. The molecule has 0 spiro atoms. The lowest BCUT2D eigenvalue weighted by molar-refractivity contribution is 0.0735. The van der Waals surface area contributed by atoms with Crippen LogP contribution >= 0.6 is 0 Å². The summed E-state index contributed by atoms with van der Waals surface area (Å²) in [5, 5.41) is 0. The number of rotatable bonds is 9. The van der Waals surface area contributed by atoms with Gasteiger partial charge in [0.1, 0.15) is 18.2 Å². The number of nitrogens with two attached hydrogens (primary N) is 1. The van der Waals surface area contributed by atoms with Crippen molar-refractivity contribution in [3.05, 3.63) is 101 Å². The maximum atomic E-state index is 14.4. The Morgan fingerprint density at radius 3 is 2.50 bits per heavy atom. The molecule has 0 aliphatic carbocycles. The van der Waals surface area contributed by atoms with E-state index in [0.29, 0.717) is 43.0 Å². The van der Waals surface area contributed by atoms with E-state index in [0.717, 1.165) is 11.1 Å². The molecule has 2 N–H and O–H groups in total. The minimum atomic E-state index is -0.311. The largest absolute Gasteiger partial charge is 0.488 e. The standard InChI is InChI=1S/C25H27FN2O2/c1-19-12-13-21(23(26)16-19)17-28(15-7-14-27)25(29)22-10-5-6-11-24(22)30-18-20-8-3-2-4-9-20/h2-6,8-13,16H,7,14-15,17-18,27H2,1H3. The van der Waals surface area contributed by atoms with Crippen LogP contribution in [-0.4, -0.2) is 23.9 Å². The summed E-state index contributed by atoms with van der Waals surface area (Å²) in [5.41, 5.74) is 8.46. The van der Waals surface area contributed by atoms with Crippen molar-refractivity contribution in [2.24, 2.45) is 5.73 Å². The average molecular weight is 407 g/mol. The fraction of sp³-hybridized carbons (Fsp3) is 0.240. The smallest absolute Gasteiger partial charge is 0.257 e. The molecule has 0 fully saturated rings. The zero-order chi connectivity index (χ0) is 21.3. The predicted octanol–water partition coefficient (Wildman–Crippen LogP) is 4.70. The van der Waals surface area contributed by atoms with Gasteiger partial charge in [0.15, 0.2) is 0 Å². The summed E-state index contributed by atoms with van der Waals surface area (Å²) in [4.78, 5) is 15.0. The van der Waals surface area contributed by atoms with E-state index in [-0.39, 0.29) is 18.3 Å². The number of halogens is 1. The van der Waals surface area contributed by atoms with Gasteiger partial charge >= 0.3 is 0 Å². The highest BCUT2D eigenvalue weighted by Gasteiger charge is 2.21. The third-order valence-corrected chi connectivity index (χ3v) is 4.84. The molecule has 0 atom stereocenters. The molecule has 0 heterocycles. The van der Waals surface area contributed by atoms with Crippen molar-refractivity contribution in [1.82, 2.24) is 4.90 Å². The first-order valence-electron chi connectivity index (χ1n) is 10.1. The van der Waals surface area contributed by atoms with Gasteiger partial charge < -0.3 is 15.4 Å². The molecule has 5 heteroatoms. The van der Waals surface area contributed by atoms with Crippen molar-refractivity contribution in [3.63, 3.8) is 0 Å². The number of ether oxygens (including phenoxy) is 1. The fourth-order valence-corrected chi connectivity index (χ4v) is 3.20. The second-order valence-electron chi connectivity index (χ2n) is 7.23. The summed E-state index contributed by atoms with van der Waals surface area (Å²) in [6.07, 6.45) is 0.631. The van der Waals surface area contributed by atoms with Crippen LogP contribution in [-0.2, 0) is 13.2 Å². The van der Waals surface area contributed by atoms with Gasteiger partial charge in [-0.3, -0.25) is 4.79 Å². The van der Waals surface area contributed by atoms with Crippen LogP contribution in [0, 0.1) is 12.7 Å². The van der Waals surface area contributed by atoms with Gasteiger partial charge in [0, 0.05) is 18.7 Å². The molecule has 3 aromatic carbocycles. The van der Waals surface area contributed by atoms with Crippen LogP contribution in [0.4, 0.5) is 4.39 Å². The average Bonchev–Trinajstić information content (AvgIpc) is 2.77. The van der Waals surface area contributed by atoms with Gasteiger partial charge in [0.05, 0.1) is 5.56 Å². The quantitative estimate of drug-likeness (QED) is 0.560. The van der Waals surface area contributed by atoms with Crippen LogP contribution in [0.25, 0.3) is 0 Å². The Hall–Kier alpha value is -3.18. The Bertz CT molecular complexity index is 976. The molecule has 3 rings (SSSR count). The first kappa shape index (κ1) is 21.5. The summed E-state index contributed by atoms with van der Waals surface area (Å²) in [5.74, 6) is -0.00488. The molecule has 0 unspecified atom stereocenters. The Morgan fingerprint density at radius 2 is 1.77 bits per heavy atom. The van der Waals surface area contributed by atoms with Crippen LogP contribution in [0.2, 0.25) is 0 Å². The van der Waals surface area contributed by atoms with Crippen molar-refractivity contribution in [3.8, 4) is 5.75 Å². The molecule has 0 aromatic heterocycles. The van der Waals surface area contributed by atoms with Gasteiger partial charge in [-0.15, -0.1) is 0 Å². The number of benzene rings is 3. The van der Waals surface area contributed by atoms with Gasteiger partial charge in [0.25, 0.3) is 5.91 Å². The fourth-order valence-electron chi connectivity index (χ4n) is 3.20. The maximum absolute atomic E-state index is 14.4. The van der Waals surface area contributed by atoms with E-state index in [2.05, 4.69) is 0 Å². The number of hydrogen-bond donors (Lipinski definition) is 1. The van der Waals surface area contributed by atoms with Gasteiger partial charge in [0.2, 0.25) is 0 Å². The molecule has 0 bridgehead atoms. The summed E-state index contributed by atoms with van der Waals surface area (Å²) >= 11 is 0. The number of amides is 1. The van der Waals surface area contributed by atoms with Gasteiger partial charge in [-0.05, 0) is 49.2 Å². The zero-order valence-electron chi connectivity index (χ0n) is 17.2. The number of nitrogens with zero attached hydrogens (tertiary/aromatic N) is 1. The Morgan fingerprint density at radius 1 is 1.03 bits per heavy atom. The van der Waals surface area contributed by atoms with Crippen LogP contribution in [0.3, 0.4) is 0 Å². The molecule has 0 saturated carbocycles. The van der Waals surface area contributed by atoms with E-state index in [1.54, 1.807) is 29.2 Å². The second kappa shape index (κ2) is 10.6. The van der Waals surface area contributed by atoms with Crippen LogP contribution in [0.1, 0.15) is 33.5 Å². The molecular weight excluding hydrogens is 379 g/mol. The third kappa shape index (κ3) is 5.67. The van der Waals surface area contributed by atoms with E-state index in [1.165, 1.54) is 6.07 Å². The minimum absolute atomic E-state index is 0.179. The number of hydrogen-bond acceptors (Lipinski definition) is 3.